The van der Waals surface area contributed by atoms with Gasteiger partial charge in [0.1, 0.15) is 5.82 Å². The van der Waals surface area contributed by atoms with Gasteiger partial charge in [-0.3, -0.25) is 4.68 Å². The van der Waals surface area contributed by atoms with Crippen molar-refractivity contribution in [3.8, 4) is 0 Å². The molecule has 19 heavy (non-hydrogen) atoms. The van der Waals surface area contributed by atoms with Gasteiger partial charge in [-0.05, 0) is 41.4 Å². The van der Waals surface area contributed by atoms with E-state index in [0.717, 1.165) is 11.1 Å². The van der Waals surface area contributed by atoms with Crippen molar-refractivity contribution in [1.82, 2.24) is 9.78 Å². The average Bonchev–Trinajstić information content (AvgIpc) is 2.84. The number of hydrogen-bond acceptors (Lipinski definition) is 2. The van der Waals surface area contributed by atoms with Crippen molar-refractivity contribution in [3.63, 3.8) is 0 Å². The molecule has 0 saturated carbocycles. The van der Waals surface area contributed by atoms with Gasteiger partial charge in [0.05, 0.1) is 16.8 Å². The van der Waals surface area contributed by atoms with Gasteiger partial charge < -0.3 is 5.11 Å². The Labute approximate surface area is 120 Å². The second-order valence-electron chi connectivity index (χ2n) is 4.78. The van der Waals surface area contributed by atoms with E-state index < -0.39 is 6.10 Å². The van der Waals surface area contributed by atoms with Crippen LogP contribution in [-0.4, -0.2) is 14.9 Å². The van der Waals surface area contributed by atoms with Gasteiger partial charge in [0, 0.05) is 24.2 Å². The van der Waals surface area contributed by atoms with Crippen molar-refractivity contribution in [2.45, 2.75) is 32.4 Å². The van der Waals surface area contributed by atoms with E-state index in [2.05, 4.69) is 21.0 Å². The van der Waals surface area contributed by atoms with Crippen LogP contribution < -0.4 is 0 Å². The SMILES string of the molecule is CC(C)n1cc(C(O)Cc2cccc(F)c2Br)cn1. The minimum atomic E-state index is -0.689. The molecule has 0 aliphatic carbocycles. The van der Waals surface area contributed by atoms with Crippen LogP contribution in [0.25, 0.3) is 0 Å². The molecule has 2 rings (SSSR count). The van der Waals surface area contributed by atoms with Crippen LogP contribution in [0, 0.1) is 5.82 Å². The number of rotatable bonds is 4. The Balaban J connectivity index is 2.16. The molecule has 0 aliphatic rings. The third-order valence-corrected chi connectivity index (χ3v) is 3.87. The smallest absolute Gasteiger partial charge is 0.137 e. The number of aliphatic hydroxyl groups is 1. The molecular formula is C14H16BrFN2O. The number of hydrogen-bond donors (Lipinski definition) is 1. The highest BCUT2D eigenvalue weighted by Crippen LogP contribution is 2.26. The number of nitrogens with zero attached hydrogens (tertiary/aromatic N) is 2. The molecule has 0 fully saturated rings. The maximum Gasteiger partial charge on any atom is 0.137 e. The van der Waals surface area contributed by atoms with Crippen LogP contribution in [0.2, 0.25) is 0 Å². The highest BCUT2D eigenvalue weighted by atomic mass is 79.9. The van der Waals surface area contributed by atoms with Gasteiger partial charge in [-0.2, -0.15) is 5.10 Å². The minimum absolute atomic E-state index is 0.252. The molecule has 0 aliphatic heterocycles. The summed E-state index contributed by atoms with van der Waals surface area (Å²) in [5.74, 6) is -0.317. The van der Waals surface area contributed by atoms with Crippen LogP contribution in [0.5, 0.6) is 0 Å². The first-order valence-corrected chi connectivity index (χ1v) is 6.93. The maximum atomic E-state index is 13.4. The third-order valence-electron chi connectivity index (χ3n) is 2.98. The summed E-state index contributed by atoms with van der Waals surface area (Å²) in [4.78, 5) is 0. The normalized spacial score (nSPS) is 12.9. The zero-order valence-corrected chi connectivity index (χ0v) is 12.4. The zero-order valence-electron chi connectivity index (χ0n) is 10.8. The van der Waals surface area contributed by atoms with Crippen LogP contribution in [-0.2, 0) is 6.42 Å². The predicted molar refractivity (Wildman–Crippen MR) is 75.4 cm³/mol. The van der Waals surface area contributed by atoms with Crippen LogP contribution in [0.4, 0.5) is 4.39 Å². The van der Waals surface area contributed by atoms with Crippen molar-refractivity contribution >= 4 is 15.9 Å². The van der Waals surface area contributed by atoms with E-state index in [-0.39, 0.29) is 11.9 Å². The molecule has 2 aromatic rings. The summed E-state index contributed by atoms with van der Waals surface area (Å²) in [6.07, 6.45) is 3.13. The lowest BCUT2D eigenvalue weighted by Gasteiger charge is -2.10. The fourth-order valence-electron chi connectivity index (χ4n) is 1.84. The second-order valence-corrected chi connectivity index (χ2v) is 5.57. The van der Waals surface area contributed by atoms with E-state index in [1.807, 2.05) is 20.0 Å². The van der Waals surface area contributed by atoms with Gasteiger partial charge in [-0.15, -0.1) is 0 Å². The first-order chi connectivity index (χ1) is 8.99. The lowest BCUT2D eigenvalue weighted by Crippen LogP contribution is -2.03. The predicted octanol–water partition coefficient (Wildman–Crippen LogP) is 3.64. The summed E-state index contributed by atoms with van der Waals surface area (Å²) < 4.78 is 15.6. The Morgan fingerprint density at radius 2 is 2.16 bits per heavy atom. The molecule has 0 bridgehead atoms. The molecular weight excluding hydrogens is 311 g/mol. The average molecular weight is 327 g/mol. The first kappa shape index (κ1) is 14.2. The lowest BCUT2D eigenvalue weighted by atomic mass is 10.0. The van der Waals surface area contributed by atoms with E-state index >= 15 is 0 Å². The summed E-state index contributed by atoms with van der Waals surface area (Å²) in [7, 11) is 0. The molecule has 1 unspecified atom stereocenters. The Kier molecular flexibility index (Phi) is 4.37. The lowest BCUT2D eigenvalue weighted by molar-refractivity contribution is 0.178. The van der Waals surface area contributed by atoms with Gasteiger partial charge in [0.2, 0.25) is 0 Å². The van der Waals surface area contributed by atoms with E-state index in [4.69, 9.17) is 0 Å². The molecule has 0 saturated heterocycles. The quantitative estimate of drug-likeness (QED) is 0.931. The third kappa shape index (κ3) is 3.22. The summed E-state index contributed by atoms with van der Waals surface area (Å²) in [5.41, 5.74) is 1.48. The molecule has 0 spiro atoms. The van der Waals surface area contributed by atoms with Crippen molar-refractivity contribution in [1.29, 1.82) is 0 Å². The van der Waals surface area contributed by atoms with E-state index in [0.29, 0.717) is 10.9 Å². The molecule has 5 heteroatoms. The molecule has 3 nitrogen and oxygen atoms in total. The Morgan fingerprint density at radius 3 is 2.79 bits per heavy atom. The van der Waals surface area contributed by atoms with Crippen LogP contribution >= 0.6 is 15.9 Å². The van der Waals surface area contributed by atoms with Gasteiger partial charge in [-0.1, -0.05) is 12.1 Å². The summed E-state index contributed by atoms with van der Waals surface area (Å²) >= 11 is 3.20. The minimum Gasteiger partial charge on any atom is -0.388 e. The summed E-state index contributed by atoms with van der Waals surface area (Å²) in [5, 5.41) is 14.4. The molecule has 102 valence electrons. The molecule has 1 aromatic heterocycles. The summed E-state index contributed by atoms with van der Waals surface area (Å²) in [6.45, 7) is 4.04. The van der Waals surface area contributed by atoms with Gasteiger partial charge in [0.15, 0.2) is 0 Å². The van der Waals surface area contributed by atoms with E-state index in [9.17, 15) is 9.50 Å². The van der Waals surface area contributed by atoms with Crippen molar-refractivity contribution in [2.75, 3.05) is 0 Å². The van der Waals surface area contributed by atoms with E-state index in [1.54, 1.807) is 23.0 Å². The van der Waals surface area contributed by atoms with Crippen LogP contribution in [0.3, 0.4) is 0 Å². The maximum absolute atomic E-state index is 13.4. The first-order valence-electron chi connectivity index (χ1n) is 6.14. The van der Waals surface area contributed by atoms with Crippen molar-refractivity contribution < 1.29 is 9.50 Å². The Bertz CT molecular complexity index is 568. The molecule has 0 radical (unpaired) electrons. The largest absolute Gasteiger partial charge is 0.388 e. The summed E-state index contributed by atoms with van der Waals surface area (Å²) in [6, 6.07) is 5.07. The number of halogens is 2. The zero-order chi connectivity index (χ0) is 14.0. The second kappa shape index (κ2) is 5.84. The number of aromatic nitrogens is 2. The fraction of sp³-hybridized carbons (Fsp3) is 0.357. The number of benzene rings is 1. The highest BCUT2D eigenvalue weighted by Gasteiger charge is 2.14. The van der Waals surface area contributed by atoms with E-state index in [1.165, 1.54) is 6.07 Å². The van der Waals surface area contributed by atoms with Crippen molar-refractivity contribution in [3.05, 3.63) is 52.0 Å². The Hall–Kier alpha value is -1.20. The van der Waals surface area contributed by atoms with Gasteiger partial charge in [0.25, 0.3) is 0 Å². The fourth-order valence-corrected chi connectivity index (χ4v) is 2.27. The van der Waals surface area contributed by atoms with Crippen LogP contribution in [0.1, 0.15) is 37.1 Å². The number of aliphatic hydroxyl groups excluding tert-OH is 1. The Morgan fingerprint density at radius 1 is 1.42 bits per heavy atom. The monoisotopic (exact) mass is 326 g/mol. The highest BCUT2D eigenvalue weighted by molar-refractivity contribution is 9.10. The van der Waals surface area contributed by atoms with Gasteiger partial charge in [-0.25, -0.2) is 4.39 Å². The topological polar surface area (TPSA) is 38.0 Å². The standard InChI is InChI=1S/C14H16BrFN2O/c1-9(2)18-8-11(7-17-18)13(19)6-10-4-3-5-12(16)14(10)15/h3-5,7-9,13,19H,6H2,1-2H3. The molecule has 1 atom stereocenters. The van der Waals surface area contributed by atoms with Crippen LogP contribution in [0.15, 0.2) is 35.1 Å². The van der Waals surface area contributed by atoms with Gasteiger partial charge >= 0.3 is 0 Å². The molecule has 1 N–H and O–H groups in total. The van der Waals surface area contributed by atoms with Crippen molar-refractivity contribution in [2.24, 2.45) is 0 Å². The molecule has 0 amide bonds. The molecule has 1 heterocycles. The molecule has 1 aromatic carbocycles.